The molecule has 2 atom stereocenters. The zero-order valence-corrected chi connectivity index (χ0v) is 41.1. The Kier molecular flexibility index (Phi) is 17.7. The van der Waals surface area contributed by atoms with Gasteiger partial charge in [-0.05, 0) is 47.9 Å². The fraction of sp³-hybridized carbons (Fsp3) is 0.682. The molecular formula is C44H36F34N2O2. The summed E-state index contributed by atoms with van der Waals surface area (Å²) in [5, 5.41) is 21.9. The molecule has 2 aromatic carbocycles. The van der Waals surface area contributed by atoms with E-state index in [0.717, 1.165) is 41.5 Å². The van der Waals surface area contributed by atoms with Gasteiger partial charge in [0.15, 0.2) is 0 Å². The first kappa shape index (κ1) is 71.3. The molecule has 1 aliphatic carbocycles. The van der Waals surface area contributed by atoms with Crippen LogP contribution < -0.4 is 0 Å². The number of phenolic OH excluding ortho intramolecular Hbond substituents is 2. The second kappa shape index (κ2) is 20.3. The molecule has 472 valence electrons. The molecule has 0 bridgehead atoms. The predicted molar refractivity (Wildman–Crippen MR) is 214 cm³/mol. The van der Waals surface area contributed by atoms with Crippen LogP contribution in [-0.4, -0.2) is 118 Å². The lowest BCUT2D eigenvalue weighted by Crippen LogP contribution is -2.74. The maximum absolute atomic E-state index is 15.7. The number of aromatic hydroxyl groups is 2. The summed E-state index contributed by atoms with van der Waals surface area (Å²) in [4.78, 5) is 7.57. The van der Waals surface area contributed by atoms with Gasteiger partial charge in [-0.2, -0.15) is 149 Å². The summed E-state index contributed by atoms with van der Waals surface area (Å²) in [7, 11) is 0. The number of rotatable bonds is 18. The van der Waals surface area contributed by atoms with E-state index in [9.17, 15) is 124 Å². The molecule has 0 radical (unpaired) electrons. The van der Waals surface area contributed by atoms with Gasteiger partial charge in [0.1, 0.15) is 11.5 Å². The Morgan fingerprint density at radius 1 is 0.329 bits per heavy atom. The van der Waals surface area contributed by atoms with Crippen LogP contribution in [0.15, 0.2) is 34.3 Å². The molecule has 38 heteroatoms. The minimum absolute atomic E-state index is 0.0344. The van der Waals surface area contributed by atoms with E-state index in [4.69, 9.17) is 0 Å². The Bertz CT molecular complexity index is 2540. The van der Waals surface area contributed by atoms with Gasteiger partial charge in [0.05, 0.1) is 12.1 Å². The molecule has 0 saturated heterocycles. The molecule has 2 N–H and O–H groups in total. The van der Waals surface area contributed by atoms with Gasteiger partial charge in [-0.15, -0.1) is 0 Å². The third kappa shape index (κ3) is 10.5. The van der Waals surface area contributed by atoms with Crippen LogP contribution in [-0.2, 0) is 22.7 Å². The molecule has 3 rings (SSSR count). The molecule has 4 nitrogen and oxygen atoms in total. The molecule has 82 heavy (non-hydrogen) atoms. The zero-order valence-electron chi connectivity index (χ0n) is 41.1. The standard InChI is InChI=1S/C44H36F34N2O2/c1-27(2,3)21-13-19(29(45,46)31(49,50)33(53,54)35(57,58)37(61,62)39(65,66)41(69,70)43(73,74)75)11-17(25(21)81)15-79-23-9-7-8-10-24(23)80-16-18-12-20(14-22(26(18)82)28(4,5)6)30(47,48)32(51,52)34(55,56)36(59,60)38(63,64)40(67,68)42(71,72)44(76,77)78/h11-16,23-24,81-82H,7-10H2,1-6H3. The number of hydrogen-bond acceptors (Lipinski definition) is 4. The van der Waals surface area contributed by atoms with Gasteiger partial charge in [-0.3, -0.25) is 9.98 Å². The minimum Gasteiger partial charge on any atom is -0.507 e. The number of halogens is 34. The smallest absolute Gasteiger partial charge is 0.460 e. The van der Waals surface area contributed by atoms with Crippen LogP contribution in [0.5, 0.6) is 11.5 Å². The van der Waals surface area contributed by atoms with Gasteiger partial charge in [-0.1, -0.05) is 54.4 Å². The van der Waals surface area contributed by atoms with Crippen LogP contribution in [0.2, 0.25) is 0 Å². The van der Waals surface area contributed by atoms with Gasteiger partial charge in [0, 0.05) is 45.8 Å². The summed E-state index contributed by atoms with van der Waals surface area (Å²) < 4.78 is 482. The van der Waals surface area contributed by atoms with Gasteiger partial charge in [-0.25, -0.2) is 0 Å². The molecule has 0 aromatic heterocycles. The lowest BCUT2D eigenvalue weighted by molar-refractivity contribution is -0.462. The molecule has 2 unspecified atom stereocenters. The van der Waals surface area contributed by atoms with E-state index >= 15 is 35.1 Å². The van der Waals surface area contributed by atoms with Gasteiger partial charge < -0.3 is 10.2 Å². The summed E-state index contributed by atoms with van der Waals surface area (Å²) >= 11 is 0. The van der Waals surface area contributed by atoms with Crippen molar-refractivity contribution < 1.29 is 159 Å². The van der Waals surface area contributed by atoms with E-state index < -0.39 is 200 Å². The Morgan fingerprint density at radius 3 is 0.744 bits per heavy atom. The third-order valence-corrected chi connectivity index (χ3v) is 12.6. The second-order valence-electron chi connectivity index (χ2n) is 20.4. The van der Waals surface area contributed by atoms with E-state index in [1.165, 1.54) is 0 Å². The molecule has 0 aliphatic heterocycles. The molecule has 1 saturated carbocycles. The van der Waals surface area contributed by atoms with Gasteiger partial charge >= 0.3 is 95.3 Å². The Labute approximate surface area is 436 Å². The van der Waals surface area contributed by atoms with Crippen molar-refractivity contribution in [3.8, 4) is 11.5 Å². The monoisotopic (exact) mass is 1270 g/mol. The third-order valence-electron chi connectivity index (χ3n) is 12.6. The van der Waals surface area contributed by atoms with Crippen molar-refractivity contribution in [3.05, 3.63) is 57.6 Å². The summed E-state index contributed by atoms with van der Waals surface area (Å²) in [6.07, 6.45) is -16.6. The average molecular weight is 1270 g/mol. The van der Waals surface area contributed by atoms with Gasteiger partial charge in [0.2, 0.25) is 0 Å². The predicted octanol–water partition coefficient (Wildman–Crippen LogP) is 17.5. The first-order valence-electron chi connectivity index (χ1n) is 21.9. The SMILES string of the molecule is CC(C)(C)c1cc(C(F)(F)C(F)(F)C(F)(F)C(F)(F)C(F)(F)C(F)(F)C(F)(F)C(F)(F)F)cc(C=NC2CCCCC2N=Cc2cc(C(F)(F)C(F)(F)C(F)(F)C(F)(F)C(F)(F)C(F)(F)C(F)(F)C(F)(F)F)cc(C(C)(C)C)c2O)c1O. The molecular weight excluding hydrogens is 1230 g/mol. The number of aliphatic imine (C=N–C) groups is 2. The summed E-state index contributed by atoms with van der Waals surface area (Å²) in [5.74, 6) is -122. The summed E-state index contributed by atoms with van der Waals surface area (Å²) in [5.41, 5.74) is -14.5. The van der Waals surface area contributed by atoms with E-state index in [2.05, 4.69) is 9.98 Å². The molecule has 0 amide bonds. The topological polar surface area (TPSA) is 65.2 Å². The van der Waals surface area contributed by atoms with Crippen LogP contribution in [0.4, 0.5) is 149 Å². The van der Waals surface area contributed by atoms with Crippen molar-refractivity contribution >= 4 is 12.4 Å². The summed E-state index contributed by atoms with van der Waals surface area (Å²) in [6.45, 7) is 5.34. The Hall–Kier alpha value is -5.00. The van der Waals surface area contributed by atoms with E-state index in [-0.39, 0.29) is 25.3 Å². The van der Waals surface area contributed by atoms with E-state index in [0.29, 0.717) is 0 Å². The van der Waals surface area contributed by atoms with Crippen molar-refractivity contribution in [1.29, 1.82) is 0 Å². The van der Waals surface area contributed by atoms with E-state index in [1.807, 2.05) is 0 Å². The van der Waals surface area contributed by atoms with Crippen LogP contribution in [0, 0.1) is 0 Å². The highest BCUT2D eigenvalue weighted by molar-refractivity contribution is 5.86. The van der Waals surface area contributed by atoms with Crippen LogP contribution in [0.1, 0.15) is 101 Å². The maximum atomic E-state index is 15.7. The second-order valence-corrected chi connectivity index (χ2v) is 20.4. The largest absolute Gasteiger partial charge is 0.507 e. The highest BCUT2D eigenvalue weighted by atomic mass is 19.4. The first-order valence-corrected chi connectivity index (χ1v) is 21.9. The van der Waals surface area contributed by atoms with Crippen molar-refractivity contribution in [2.45, 2.75) is 185 Å². The average Bonchev–Trinajstić information content (AvgIpc) is 3.28. The molecule has 1 fully saturated rings. The molecule has 2 aromatic rings. The molecule has 0 heterocycles. The highest BCUT2D eigenvalue weighted by Crippen LogP contribution is 2.67. The summed E-state index contributed by atoms with van der Waals surface area (Å²) in [6, 6.07) is -5.20. The Balaban J connectivity index is 2.26. The van der Waals surface area contributed by atoms with Crippen LogP contribution in [0.25, 0.3) is 0 Å². The lowest BCUT2D eigenvalue weighted by Gasteiger charge is -2.43. The quantitative estimate of drug-likeness (QED) is 0.115. The van der Waals surface area contributed by atoms with Crippen molar-refractivity contribution in [3.63, 3.8) is 0 Å². The number of alkyl halides is 34. The maximum Gasteiger partial charge on any atom is 0.460 e. The van der Waals surface area contributed by atoms with Crippen LogP contribution in [0.3, 0.4) is 0 Å². The minimum atomic E-state index is -8.98. The number of hydrogen-bond donors (Lipinski definition) is 2. The van der Waals surface area contributed by atoms with Crippen molar-refractivity contribution in [2.24, 2.45) is 9.98 Å². The Morgan fingerprint density at radius 2 is 0.537 bits per heavy atom. The molecule has 1 aliphatic rings. The van der Waals surface area contributed by atoms with E-state index in [1.54, 1.807) is 0 Å². The normalized spacial score (nSPS) is 18.8. The fourth-order valence-corrected chi connectivity index (χ4v) is 7.50. The number of benzene rings is 2. The van der Waals surface area contributed by atoms with Crippen LogP contribution >= 0.6 is 0 Å². The number of phenols is 2. The first-order chi connectivity index (χ1) is 35.7. The zero-order chi connectivity index (χ0) is 65.3. The molecule has 0 spiro atoms. The van der Waals surface area contributed by atoms with Crippen molar-refractivity contribution in [1.82, 2.24) is 0 Å². The van der Waals surface area contributed by atoms with Crippen molar-refractivity contribution in [2.75, 3.05) is 0 Å². The number of nitrogens with zero attached hydrogens (tertiary/aromatic N) is 2. The van der Waals surface area contributed by atoms with Gasteiger partial charge in [0.25, 0.3) is 0 Å². The lowest BCUT2D eigenvalue weighted by atomic mass is 9.81. The highest BCUT2D eigenvalue weighted by Gasteiger charge is 2.97. The fourth-order valence-electron chi connectivity index (χ4n) is 7.50.